The molecular formula is C22H25N5O4S. The Hall–Kier alpha value is -3.40. The molecule has 0 aromatic heterocycles. The summed E-state index contributed by atoms with van der Waals surface area (Å²) in [6.45, 7) is 2.83. The lowest BCUT2D eigenvalue weighted by molar-refractivity contribution is -0.131. The zero-order chi connectivity index (χ0) is 22.6. The highest BCUT2D eigenvalue weighted by atomic mass is 32.2. The van der Waals surface area contributed by atoms with Crippen molar-refractivity contribution in [3.05, 3.63) is 60.2 Å². The number of rotatable bonds is 6. The van der Waals surface area contributed by atoms with Crippen LogP contribution >= 0.6 is 0 Å². The van der Waals surface area contributed by atoms with Gasteiger partial charge in [0.05, 0.1) is 4.90 Å². The Balaban J connectivity index is 1.20. The maximum absolute atomic E-state index is 12.5. The van der Waals surface area contributed by atoms with Crippen molar-refractivity contribution in [3.8, 4) is 0 Å². The van der Waals surface area contributed by atoms with Crippen LogP contribution in [0.1, 0.15) is 12.0 Å². The van der Waals surface area contributed by atoms with Crippen LogP contribution in [0.25, 0.3) is 0 Å². The van der Waals surface area contributed by atoms with Gasteiger partial charge in [-0.2, -0.15) is 0 Å². The monoisotopic (exact) mass is 455 g/mol. The summed E-state index contributed by atoms with van der Waals surface area (Å²) in [4.78, 5) is 32.9. The molecule has 32 heavy (non-hydrogen) atoms. The third-order valence-corrected chi connectivity index (χ3v) is 6.86. The summed E-state index contributed by atoms with van der Waals surface area (Å²) in [5, 5.41) is 2.67. The number of sulfonamides is 1. The van der Waals surface area contributed by atoms with Crippen molar-refractivity contribution in [1.29, 1.82) is 0 Å². The van der Waals surface area contributed by atoms with Crippen molar-refractivity contribution >= 4 is 33.4 Å². The number of nitrogens with zero attached hydrogens (tertiary/aromatic N) is 3. The van der Waals surface area contributed by atoms with Crippen LogP contribution < -0.4 is 14.9 Å². The van der Waals surface area contributed by atoms with Crippen LogP contribution in [0, 0.1) is 0 Å². The third-order valence-electron chi connectivity index (χ3n) is 5.46. The van der Waals surface area contributed by atoms with Gasteiger partial charge in [0.2, 0.25) is 11.8 Å². The molecule has 0 aliphatic carbocycles. The molecule has 2 aromatic rings. The summed E-state index contributed by atoms with van der Waals surface area (Å²) >= 11 is 0. The van der Waals surface area contributed by atoms with Gasteiger partial charge < -0.3 is 15.1 Å². The van der Waals surface area contributed by atoms with E-state index < -0.39 is 10.0 Å². The predicted octanol–water partition coefficient (Wildman–Crippen LogP) is 0.580. The highest BCUT2D eigenvalue weighted by molar-refractivity contribution is 7.90. The number of anilines is 1. The van der Waals surface area contributed by atoms with E-state index in [1.807, 2.05) is 23.1 Å². The molecule has 0 saturated carbocycles. The molecule has 168 valence electrons. The molecule has 0 atom stereocenters. The molecule has 2 aliphatic rings. The number of fused-ring (bicyclic) bond motifs is 1. The van der Waals surface area contributed by atoms with Gasteiger partial charge in [0.15, 0.2) is 0 Å². The Morgan fingerprint density at radius 1 is 0.969 bits per heavy atom. The van der Waals surface area contributed by atoms with E-state index >= 15 is 0 Å². The van der Waals surface area contributed by atoms with E-state index in [1.165, 1.54) is 6.07 Å². The van der Waals surface area contributed by atoms with Gasteiger partial charge in [-0.1, -0.05) is 30.3 Å². The minimum Gasteiger partial charge on any atom is -0.368 e. The molecule has 2 heterocycles. The van der Waals surface area contributed by atoms with Crippen molar-refractivity contribution in [2.24, 2.45) is 4.99 Å². The minimum atomic E-state index is -3.63. The molecule has 1 saturated heterocycles. The van der Waals surface area contributed by atoms with Crippen molar-refractivity contribution in [2.75, 3.05) is 44.2 Å². The van der Waals surface area contributed by atoms with E-state index in [0.29, 0.717) is 18.7 Å². The van der Waals surface area contributed by atoms with E-state index in [1.54, 1.807) is 18.2 Å². The summed E-state index contributed by atoms with van der Waals surface area (Å²) in [5.74, 6) is -0.215. The topological polar surface area (TPSA) is 111 Å². The quantitative estimate of drug-likeness (QED) is 0.662. The Labute approximate surface area is 187 Å². The van der Waals surface area contributed by atoms with Gasteiger partial charge in [0.25, 0.3) is 10.0 Å². The number of carbonyl (C=O) groups is 2. The van der Waals surface area contributed by atoms with Gasteiger partial charge in [-0.05, 0) is 24.3 Å². The number of carbonyl (C=O) groups excluding carboxylic acids is 2. The van der Waals surface area contributed by atoms with Gasteiger partial charge in [-0.25, -0.2) is 8.42 Å². The second-order valence-corrected chi connectivity index (χ2v) is 9.22. The molecule has 9 nitrogen and oxygen atoms in total. The van der Waals surface area contributed by atoms with Crippen molar-refractivity contribution in [1.82, 2.24) is 14.9 Å². The summed E-state index contributed by atoms with van der Waals surface area (Å²) in [7, 11) is -3.63. The van der Waals surface area contributed by atoms with Gasteiger partial charge in [-0.3, -0.25) is 19.3 Å². The summed E-state index contributed by atoms with van der Waals surface area (Å²) < 4.78 is 26.5. The molecule has 4 rings (SSSR count). The second-order valence-electron chi connectivity index (χ2n) is 7.57. The summed E-state index contributed by atoms with van der Waals surface area (Å²) in [6, 6.07) is 16.6. The SMILES string of the molecule is O=C(CN=C1NS(=O)(=O)c2ccccc21)NCCC(=O)N1CCN(c2ccccc2)CC1. The number of piperazine rings is 1. The zero-order valence-electron chi connectivity index (χ0n) is 17.5. The molecule has 1 fully saturated rings. The van der Waals surface area contributed by atoms with Crippen molar-refractivity contribution in [2.45, 2.75) is 11.3 Å². The number of amidine groups is 1. The van der Waals surface area contributed by atoms with Crippen LogP contribution in [-0.2, 0) is 19.6 Å². The van der Waals surface area contributed by atoms with Gasteiger partial charge in [-0.15, -0.1) is 0 Å². The third kappa shape index (κ3) is 4.91. The molecule has 0 bridgehead atoms. The first-order valence-corrected chi connectivity index (χ1v) is 11.9. The minimum absolute atomic E-state index is 0.00167. The smallest absolute Gasteiger partial charge is 0.263 e. The zero-order valence-corrected chi connectivity index (χ0v) is 18.3. The van der Waals surface area contributed by atoms with Gasteiger partial charge >= 0.3 is 0 Å². The van der Waals surface area contributed by atoms with Gasteiger partial charge in [0, 0.05) is 50.4 Å². The van der Waals surface area contributed by atoms with Crippen LogP contribution in [0.15, 0.2) is 64.5 Å². The summed E-state index contributed by atoms with van der Waals surface area (Å²) in [6.07, 6.45) is 0.211. The first-order valence-electron chi connectivity index (χ1n) is 10.5. The molecule has 10 heteroatoms. The fourth-order valence-corrected chi connectivity index (χ4v) is 5.03. The van der Waals surface area contributed by atoms with E-state index in [0.717, 1.165) is 18.8 Å². The lowest BCUT2D eigenvalue weighted by Gasteiger charge is -2.36. The number of hydrogen-bond acceptors (Lipinski definition) is 6. The lowest BCUT2D eigenvalue weighted by Crippen LogP contribution is -2.49. The van der Waals surface area contributed by atoms with E-state index in [4.69, 9.17) is 0 Å². The van der Waals surface area contributed by atoms with Crippen molar-refractivity contribution in [3.63, 3.8) is 0 Å². The number of aliphatic imine (C=N–C) groups is 1. The normalized spacial score (nSPS) is 18.2. The number of para-hydroxylation sites is 1. The molecule has 0 unspecified atom stereocenters. The van der Waals surface area contributed by atoms with E-state index in [2.05, 4.69) is 32.1 Å². The molecule has 2 aromatic carbocycles. The molecule has 2 aliphatic heterocycles. The van der Waals surface area contributed by atoms with Crippen LogP contribution in [0.5, 0.6) is 0 Å². The predicted molar refractivity (Wildman–Crippen MR) is 121 cm³/mol. The van der Waals surface area contributed by atoms with Crippen LogP contribution in [0.4, 0.5) is 5.69 Å². The first kappa shape index (κ1) is 21.8. The average Bonchev–Trinajstić information content (AvgIpc) is 3.08. The molecule has 2 N–H and O–H groups in total. The van der Waals surface area contributed by atoms with Gasteiger partial charge in [0.1, 0.15) is 12.4 Å². The Bertz CT molecular complexity index is 1130. The lowest BCUT2D eigenvalue weighted by atomic mass is 10.2. The van der Waals surface area contributed by atoms with Crippen LogP contribution in [0.3, 0.4) is 0 Å². The average molecular weight is 456 g/mol. The molecule has 0 radical (unpaired) electrons. The Morgan fingerprint density at radius 3 is 2.41 bits per heavy atom. The fourth-order valence-electron chi connectivity index (χ4n) is 3.78. The highest BCUT2D eigenvalue weighted by Gasteiger charge is 2.30. The van der Waals surface area contributed by atoms with E-state index in [9.17, 15) is 18.0 Å². The Morgan fingerprint density at radius 2 is 1.66 bits per heavy atom. The molecular weight excluding hydrogens is 430 g/mol. The summed E-state index contributed by atoms with van der Waals surface area (Å²) in [5.41, 5.74) is 1.60. The molecule has 0 spiro atoms. The van der Waals surface area contributed by atoms with Crippen LogP contribution in [-0.4, -0.2) is 70.2 Å². The Kier molecular flexibility index (Phi) is 6.40. The second kappa shape index (κ2) is 9.39. The highest BCUT2D eigenvalue weighted by Crippen LogP contribution is 2.22. The number of hydrogen-bond donors (Lipinski definition) is 2. The first-order chi connectivity index (χ1) is 15.4. The molecule has 2 amide bonds. The standard InChI is InChI=1S/C22H25N5O4S/c28-20(16-24-22-18-8-4-5-9-19(18)32(30,31)25-22)23-11-10-21(29)27-14-12-26(13-15-27)17-6-2-1-3-7-17/h1-9H,10-16H2,(H,23,28)(H,24,25). The number of amides is 2. The van der Waals surface area contributed by atoms with Crippen LogP contribution in [0.2, 0.25) is 0 Å². The van der Waals surface area contributed by atoms with Crippen molar-refractivity contribution < 1.29 is 18.0 Å². The number of benzene rings is 2. The fraction of sp³-hybridized carbons (Fsp3) is 0.318. The maximum atomic E-state index is 12.5. The number of nitrogens with one attached hydrogen (secondary N) is 2. The van der Waals surface area contributed by atoms with E-state index in [-0.39, 0.29) is 42.1 Å². The largest absolute Gasteiger partial charge is 0.368 e. The maximum Gasteiger partial charge on any atom is 0.263 e.